The third-order valence-corrected chi connectivity index (χ3v) is 9.42. The number of rotatable bonds is 6. The van der Waals surface area contributed by atoms with E-state index in [1.165, 1.54) is 9.80 Å². The van der Waals surface area contributed by atoms with Gasteiger partial charge in [0.1, 0.15) is 28.9 Å². The number of carbonyl (C=O) groups excluding carboxylic acids is 4. The van der Waals surface area contributed by atoms with Gasteiger partial charge >= 0.3 is 24.2 Å². The Kier molecular flexibility index (Phi) is 10.1. The monoisotopic (exact) mass is 692 g/mol. The number of hydrogen-bond donors (Lipinski definition) is 3. The fourth-order valence-electron chi connectivity index (χ4n) is 6.76. The summed E-state index contributed by atoms with van der Waals surface area (Å²) in [5, 5.41) is 15.9. The molecule has 5 rings (SSSR count). The number of nitrogens with zero attached hydrogens (tertiary/aromatic N) is 2. The lowest BCUT2D eigenvalue weighted by Gasteiger charge is -2.44. The number of alkyl carbamates (subject to hydrolysis) is 1. The maximum absolute atomic E-state index is 14.2. The molecule has 50 heavy (non-hydrogen) atoms. The van der Waals surface area contributed by atoms with Gasteiger partial charge in [-0.15, -0.1) is 0 Å². The summed E-state index contributed by atoms with van der Waals surface area (Å²) in [6.07, 6.45) is -2.12. The number of amides is 4. The van der Waals surface area contributed by atoms with E-state index in [-0.39, 0.29) is 64.4 Å². The van der Waals surface area contributed by atoms with Crippen molar-refractivity contribution >= 4 is 30.2 Å². The van der Waals surface area contributed by atoms with Crippen LogP contribution in [-0.4, -0.2) is 100 Å². The molecule has 2 heterocycles. The van der Waals surface area contributed by atoms with E-state index in [1.807, 2.05) is 48.5 Å². The molecule has 2 fully saturated rings. The second-order valence-electron chi connectivity index (χ2n) is 15.3. The van der Waals surface area contributed by atoms with Gasteiger partial charge < -0.3 is 39.8 Å². The molecule has 2 aromatic rings. The number of benzene rings is 2. The summed E-state index contributed by atoms with van der Waals surface area (Å²) in [5.41, 5.74) is -0.554. The molecule has 2 aliphatic heterocycles. The van der Waals surface area contributed by atoms with Crippen LogP contribution in [0.5, 0.6) is 0 Å². The molecule has 13 nitrogen and oxygen atoms in total. The van der Waals surface area contributed by atoms with Crippen LogP contribution >= 0.6 is 0 Å². The Labute approximate surface area is 292 Å². The molecule has 0 spiro atoms. The van der Waals surface area contributed by atoms with Crippen molar-refractivity contribution in [2.75, 3.05) is 32.8 Å². The van der Waals surface area contributed by atoms with E-state index < -0.39 is 52.4 Å². The minimum Gasteiger partial charge on any atom is -0.480 e. The first kappa shape index (κ1) is 36.5. The number of carboxylic acids is 1. The average molecular weight is 693 g/mol. The average Bonchev–Trinajstić information content (AvgIpc) is 3.36. The van der Waals surface area contributed by atoms with Gasteiger partial charge in [0.2, 0.25) is 5.91 Å². The first-order valence-electron chi connectivity index (χ1n) is 17.1. The van der Waals surface area contributed by atoms with Crippen molar-refractivity contribution in [3.8, 4) is 11.1 Å². The number of hydrogen-bond acceptors (Lipinski definition) is 8. The van der Waals surface area contributed by atoms with Gasteiger partial charge in [-0.25, -0.2) is 19.2 Å². The minimum atomic E-state index is -1.70. The predicted octanol–water partition coefficient (Wildman–Crippen LogP) is 5.27. The van der Waals surface area contributed by atoms with Crippen molar-refractivity contribution in [1.29, 1.82) is 0 Å². The summed E-state index contributed by atoms with van der Waals surface area (Å²) in [7, 11) is 0. The molecule has 270 valence electrons. The largest absolute Gasteiger partial charge is 0.480 e. The highest BCUT2D eigenvalue weighted by Gasteiger charge is 2.51. The molecular weight excluding hydrogens is 644 g/mol. The summed E-state index contributed by atoms with van der Waals surface area (Å²) in [6.45, 7) is 10.7. The Morgan fingerprint density at radius 1 is 0.700 bits per heavy atom. The number of nitrogens with one attached hydrogen (secondary N) is 2. The summed E-state index contributed by atoms with van der Waals surface area (Å²) in [6, 6.07) is 15.9. The third-order valence-electron chi connectivity index (χ3n) is 9.42. The highest BCUT2D eigenvalue weighted by molar-refractivity contribution is 5.95. The number of carbonyl (C=O) groups is 5. The standard InChI is InChI=1S/C37H48N4O9/c1-34(2,3)49-32(46)40-19-15-36(16-20-40,29(42)38-37(30(43)44)17-21-41(22-18-37)33(47)50-35(4,5)6)39-31(45)48-23-28-26-13-9-7-11-24(26)25-12-8-10-14-27(25)28/h7-14,28H,15-23H2,1-6H3,(H,38,42)(H,39,45)(H,43,44). The van der Waals surface area contributed by atoms with Gasteiger partial charge in [0.15, 0.2) is 0 Å². The van der Waals surface area contributed by atoms with Crippen LogP contribution in [0.4, 0.5) is 14.4 Å². The van der Waals surface area contributed by atoms with E-state index in [1.54, 1.807) is 41.5 Å². The maximum atomic E-state index is 14.2. The van der Waals surface area contributed by atoms with Crippen LogP contribution in [-0.2, 0) is 23.8 Å². The number of piperidine rings is 2. The van der Waals surface area contributed by atoms with E-state index in [9.17, 15) is 29.1 Å². The lowest BCUT2D eigenvalue weighted by Crippen LogP contribution is -2.69. The second-order valence-corrected chi connectivity index (χ2v) is 15.3. The second kappa shape index (κ2) is 13.8. The minimum absolute atomic E-state index is 0.0119. The van der Waals surface area contributed by atoms with Crippen molar-refractivity contribution in [1.82, 2.24) is 20.4 Å². The Balaban J connectivity index is 1.32. The molecule has 3 N–H and O–H groups in total. The number of likely N-dealkylation sites (tertiary alicyclic amines) is 2. The first-order chi connectivity index (χ1) is 23.4. The number of carboxylic acid groups (broad SMARTS) is 1. The molecule has 0 saturated carbocycles. The van der Waals surface area contributed by atoms with E-state index in [2.05, 4.69) is 10.6 Å². The van der Waals surface area contributed by atoms with Gasteiger partial charge in [-0.2, -0.15) is 0 Å². The highest BCUT2D eigenvalue weighted by atomic mass is 16.6. The first-order valence-corrected chi connectivity index (χ1v) is 17.1. The summed E-state index contributed by atoms with van der Waals surface area (Å²) >= 11 is 0. The fourth-order valence-corrected chi connectivity index (χ4v) is 6.76. The molecular formula is C37H48N4O9. The van der Waals surface area contributed by atoms with Gasteiger partial charge in [0, 0.05) is 32.1 Å². The van der Waals surface area contributed by atoms with Crippen LogP contribution in [0.25, 0.3) is 11.1 Å². The summed E-state index contributed by atoms with van der Waals surface area (Å²) < 4.78 is 16.8. The molecule has 0 bridgehead atoms. The molecule has 2 aromatic carbocycles. The van der Waals surface area contributed by atoms with Gasteiger partial charge in [-0.3, -0.25) is 4.79 Å². The Hall–Kier alpha value is -4.81. The van der Waals surface area contributed by atoms with Crippen LogP contribution in [0, 0.1) is 0 Å². The molecule has 0 unspecified atom stereocenters. The maximum Gasteiger partial charge on any atom is 0.410 e. The normalized spacial score (nSPS) is 18.3. The van der Waals surface area contributed by atoms with Gasteiger partial charge in [0.05, 0.1) is 0 Å². The summed E-state index contributed by atoms with van der Waals surface area (Å²) in [4.78, 5) is 68.9. The van der Waals surface area contributed by atoms with E-state index in [4.69, 9.17) is 14.2 Å². The molecule has 13 heteroatoms. The van der Waals surface area contributed by atoms with Crippen LogP contribution < -0.4 is 10.6 Å². The van der Waals surface area contributed by atoms with Crippen LogP contribution in [0.1, 0.15) is 84.3 Å². The van der Waals surface area contributed by atoms with Crippen LogP contribution in [0.2, 0.25) is 0 Å². The van der Waals surface area contributed by atoms with Gasteiger partial charge in [-0.1, -0.05) is 48.5 Å². The smallest absolute Gasteiger partial charge is 0.410 e. The third kappa shape index (κ3) is 7.97. The molecule has 3 aliphatic rings. The zero-order valence-corrected chi connectivity index (χ0v) is 29.7. The van der Waals surface area contributed by atoms with Crippen molar-refractivity contribution in [3.05, 3.63) is 59.7 Å². The molecule has 0 aromatic heterocycles. The van der Waals surface area contributed by atoms with Gasteiger partial charge in [-0.05, 0) is 89.5 Å². The van der Waals surface area contributed by atoms with Crippen molar-refractivity contribution in [2.45, 2.75) is 95.4 Å². The zero-order chi connectivity index (χ0) is 36.5. The molecule has 4 amide bonds. The number of ether oxygens (including phenoxy) is 3. The van der Waals surface area contributed by atoms with E-state index in [0.29, 0.717) is 0 Å². The Bertz CT molecular complexity index is 1580. The van der Waals surface area contributed by atoms with Gasteiger partial charge in [0.25, 0.3) is 0 Å². The van der Waals surface area contributed by atoms with Crippen LogP contribution in [0.15, 0.2) is 48.5 Å². The highest BCUT2D eigenvalue weighted by Crippen LogP contribution is 2.44. The predicted molar refractivity (Wildman–Crippen MR) is 184 cm³/mol. The number of aliphatic carboxylic acids is 1. The SMILES string of the molecule is CC(C)(C)OC(=O)N1CCC(NC(=O)C2(NC(=O)OCC3c4ccccc4-c4ccccc43)CCN(C(=O)OC(C)(C)C)CC2)(C(=O)O)CC1. The molecule has 2 saturated heterocycles. The van der Waals surface area contributed by atoms with Crippen LogP contribution in [0.3, 0.4) is 0 Å². The lowest BCUT2D eigenvalue weighted by molar-refractivity contribution is -0.151. The molecule has 0 radical (unpaired) electrons. The summed E-state index contributed by atoms with van der Waals surface area (Å²) in [5.74, 6) is -2.17. The number of fused-ring (bicyclic) bond motifs is 3. The Morgan fingerprint density at radius 2 is 1.12 bits per heavy atom. The van der Waals surface area contributed by atoms with Crippen molar-refractivity contribution in [3.63, 3.8) is 0 Å². The van der Waals surface area contributed by atoms with Crippen molar-refractivity contribution in [2.24, 2.45) is 0 Å². The van der Waals surface area contributed by atoms with E-state index in [0.717, 1.165) is 22.3 Å². The quantitative estimate of drug-likeness (QED) is 0.343. The topological polar surface area (TPSA) is 164 Å². The molecule has 0 atom stereocenters. The zero-order valence-electron chi connectivity index (χ0n) is 29.7. The molecule has 1 aliphatic carbocycles. The lowest BCUT2D eigenvalue weighted by atomic mass is 9.82. The van der Waals surface area contributed by atoms with E-state index >= 15 is 0 Å². The fraction of sp³-hybridized carbons (Fsp3) is 0.541. The Morgan fingerprint density at radius 3 is 1.54 bits per heavy atom. The van der Waals surface area contributed by atoms with Crippen molar-refractivity contribution < 1.29 is 43.3 Å².